The number of ether oxygens (including phenoxy) is 1. The summed E-state index contributed by atoms with van der Waals surface area (Å²) in [7, 11) is 0. The Bertz CT molecular complexity index is 982. The van der Waals surface area contributed by atoms with Gasteiger partial charge in [0.15, 0.2) is 5.69 Å². The SMILES string of the molecule is C=CCn1nc(C(=O)N2CCOCC2)c2c1CCC(NCc1c(F)ccc(C)c1F)C2. The summed E-state index contributed by atoms with van der Waals surface area (Å²) in [4.78, 5) is 14.9. The molecule has 1 saturated heterocycles. The van der Waals surface area contributed by atoms with E-state index < -0.39 is 11.6 Å². The maximum atomic E-state index is 14.4. The van der Waals surface area contributed by atoms with E-state index in [2.05, 4.69) is 17.0 Å². The van der Waals surface area contributed by atoms with Crippen molar-refractivity contribution in [2.45, 2.75) is 45.3 Å². The number of nitrogens with zero attached hydrogens (tertiary/aromatic N) is 3. The van der Waals surface area contributed by atoms with E-state index in [1.165, 1.54) is 12.1 Å². The lowest BCUT2D eigenvalue weighted by Crippen LogP contribution is -2.41. The molecule has 166 valence electrons. The third kappa shape index (κ3) is 4.41. The Balaban J connectivity index is 1.54. The highest BCUT2D eigenvalue weighted by atomic mass is 19.1. The fourth-order valence-electron chi connectivity index (χ4n) is 4.35. The average molecular weight is 430 g/mol. The number of hydrogen-bond acceptors (Lipinski definition) is 4. The zero-order valence-corrected chi connectivity index (χ0v) is 17.8. The van der Waals surface area contributed by atoms with Crippen LogP contribution < -0.4 is 5.32 Å². The Morgan fingerprint density at radius 3 is 2.87 bits per heavy atom. The molecular weight excluding hydrogens is 402 g/mol. The van der Waals surface area contributed by atoms with Gasteiger partial charge in [-0.05, 0) is 37.8 Å². The van der Waals surface area contributed by atoms with Crippen molar-refractivity contribution in [1.29, 1.82) is 0 Å². The molecule has 1 unspecified atom stereocenters. The molecule has 1 fully saturated rings. The van der Waals surface area contributed by atoms with Gasteiger partial charge >= 0.3 is 0 Å². The van der Waals surface area contributed by atoms with Gasteiger partial charge in [-0.25, -0.2) is 8.78 Å². The van der Waals surface area contributed by atoms with Gasteiger partial charge in [-0.15, -0.1) is 6.58 Å². The maximum Gasteiger partial charge on any atom is 0.274 e. The number of allylic oxidation sites excluding steroid dienone is 1. The molecule has 1 atom stereocenters. The molecule has 0 radical (unpaired) electrons. The number of morpholine rings is 1. The monoisotopic (exact) mass is 430 g/mol. The summed E-state index contributed by atoms with van der Waals surface area (Å²) in [6, 6.07) is 2.75. The molecule has 4 rings (SSSR count). The number of carbonyl (C=O) groups excluding carboxylic acids is 1. The van der Waals surface area contributed by atoms with Gasteiger partial charge in [-0.2, -0.15) is 5.10 Å². The Hall–Kier alpha value is -2.58. The van der Waals surface area contributed by atoms with Crippen LogP contribution in [0.3, 0.4) is 0 Å². The zero-order chi connectivity index (χ0) is 22.0. The number of fused-ring (bicyclic) bond motifs is 1. The van der Waals surface area contributed by atoms with Crippen molar-refractivity contribution in [1.82, 2.24) is 20.0 Å². The van der Waals surface area contributed by atoms with Crippen LogP contribution in [0, 0.1) is 18.6 Å². The minimum absolute atomic E-state index is 0.00410. The van der Waals surface area contributed by atoms with Crippen LogP contribution in [0.4, 0.5) is 8.78 Å². The minimum Gasteiger partial charge on any atom is -0.378 e. The van der Waals surface area contributed by atoms with Crippen molar-refractivity contribution in [2.75, 3.05) is 26.3 Å². The molecule has 1 aliphatic carbocycles. The fraction of sp³-hybridized carbons (Fsp3) is 0.478. The molecule has 1 aromatic carbocycles. The molecule has 1 N–H and O–H groups in total. The highest BCUT2D eigenvalue weighted by molar-refractivity contribution is 5.94. The van der Waals surface area contributed by atoms with Gasteiger partial charge in [-0.1, -0.05) is 12.1 Å². The number of benzene rings is 1. The first-order valence-corrected chi connectivity index (χ1v) is 10.7. The average Bonchev–Trinajstić information content (AvgIpc) is 3.14. The van der Waals surface area contributed by atoms with Gasteiger partial charge in [-0.3, -0.25) is 9.48 Å². The van der Waals surface area contributed by atoms with E-state index in [4.69, 9.17) is 4.74 Å². The normalized spacial score (nSPS) is 18.7. The standard InChI is InChI=1S/C23H28F2N4O2/c1-3-8-29-20-7-5-16(26-14-18-19(24)6-4-15(2)21(18)25)13-17(20)22(27-29)23(30)28-9-11-31-12-10-28/h3-4,6,16,26H,1,5,7-14H2,2H3. The highest BCUT2D eigenvalue weighted by Gasteiger charge is 2.31. The van der Waals surface area contributed by atoms with Gasteiger partial charge in [0.2, 0.25) is 0 Å². The van der Waals surface area contributed by atoms with Gasteiger partial charge in [0.25, 0.3) is 5.91 Å². The molecule has 1 aromatic heterocycles. The molecule has 2 aromatic rings. The van der Waals surface area contributed by atoms with Crippen molar-refractivity contribution in [2.24, 2.45) is 0 Å². The molecule has 2 aliphatic rings. The summed E-state index contributed by atoms with van der Waals surface area (Å²) in [5.41, 5.74) is 2.92. The summed E-state index contributed by atoms with van der Waals surface area (Å²) in [6.45, 7) is 8.22. The van der Waals surface area contributed by atoms with Gasteiger partial charge < -0.3 is 15.0 Å². The van der Waals surface area contributed by atoms with Crippen molar-refractivity contribution >= 4 is 5.91 Å². The van der Waals surface area contributed by atoms with E-state index >= 15 is 0 Å². The lowest BCUT2D eigenvalue weighted by Gasteiger charge is -2.28. The first-order chi connectivity index (χ1) is 15.0. The van der Waals surface area contributed by atoms with Crippen LogP contribution in [0.5, 0.6) is 0 Å². The van der Waals surface area contributed by atoms with Crippen LogP contribution in [-0.2, 0) is 30.7 Å². The van der Waals surface area contributed by atoms with Crippen LogP contribution in [-0.4, -0.2) is 52.9 Å². The molecule has 0 bridgehead atoms. The number of rotatable bonds is 6. The summed E-state index contributed by atoms with van der Waals surface area (Å²) in [5.74, 6) is -1.14. The quantitative estimate of drug-likeness (QED) is 0.716. The maximum absolute atomic E-state index is 14.4. The second-order valence-corrected chi connectivity index (χ2v) is 8.13. The number of carbonyl (C=O) groups is 1. The predicted molar refractivity (Wildman–Crippen MR) is 113 cm³/mol. The Morgan fingerprint density at radius 1 is 1.35 bits per heavy atom. The van der Waals surface area contributed by atoms with E-state index in [1.54, 1.807) is 17.9 Å². The second-order valence-electron chi connectivity index (χ2n) is 8.13. The third-order valence-corrected chi connectivity index (χ3v) is 6.10. The lowest BCUT2D eigenvalue weighted by molar-refractivity contribution is 0.0297. The molecule has 0 spiro atoms. The fourth-order valence-corrected chi connectivity index (χ4v) is 4.35. The van der Waals surface area contributed by atoms with Crippen LogP contribution in [0.25, 0.3) is 0 Å². The first kappa shape index (κ1) is 21.6. The Labute approximate surface area is 180 Å². The molecule has 1 aliphatic heterocycles. The molecule has 8 heteroatoms. The van der Waals surface area contributed by atoms with E-state index in [9.17, 15) is 13.6 Å². The van der Waals surface area contributed by atoms with E-state index in [1.807, 2.05) is 4.68 Å². The van der Waals surface area contributed by atoms with Gasteiger partial charge in [0.05, 0.1) is 19.8 Å². The Kier molecular flexibility index (Phi) is 6.48. The largest absolute Gasteiger partial charge is 0.378 e. The van der Waals surface area contributed by atoms with E-state index in [0.29, 0.717) is 50.5 Å². The molecular formula is C23H28F2N4O2. The van der Waals surface area contributed by atoms with Crippen LogP contribution in [0.15, 0.2) is 24.8 Å². The molecule has 6 nitrogen and oxygen atoms in total. The third-order valence-electron chi connectivity index (χ3n) is 6.10. The number of aromatic nitrogens is 2. The van der Waals surface area contributed by atoms with E-state index in [0.717, 1.165) is 24.1 Å². The topological polar surface area (TPSA) is 59.4 Å². The lowest BCUT2D eigenvalue weighted by atomic mass is 9.90. The van der Waals surface area contributed by atoms with Gasteiger partial charge in [0, 0.05) is 42.5 Å². The van der Waals surface area contributed by atoms with Gasteiger partial charge in [0.1, 0.15) is 11.6 Å². The van der Waals surface area contributed by atoms with E-state index in [-0.39, 0.29) is 24.1 Å². The summed E-state index contributed by atoms with van der Waals surface area (Å²) in [6.07, 6.45) is 3.90. The zero-order valence-electron chi connectivity index (χ0n) is 17.8. The molecule has 0 saturated carbocycles. The first-order valence-electron chi connectivity index (χ1n) is 10.7. The second kappa shape index (κ2) is 9.28. The van der Waals surface area contributed by atoms with Crippen LogP contribution >= 0.6 is 0 Å². The number of aryl methyl sites for hydroxylation is 1. The van der Waals surface area contributed by atoms with Crippen molar-refractivity contribution < 1.29 is 18.3 Å². The predicted octanol–water partition coefficient (Wildman–Crippen LogP) is 2.78. The number of nitrogens with one attached hydrogen (secondary N) is 1. The summed E-state index contributed by atoms with van der Waals surface area (Å²) in [5, 5.41) is 7.91. The number of amides is 1. The number of hydrogen-bond donors (Lipinski definition) is 1. The Morgan fingerprint density at radius 2 is 2.13 bits per heavy atom. The molecule has 1 amide bonds. The molecule has 2 heterocycles. The smallest absolute Gasteiger partial charge is 0.274 e. The number of halogens is 2. The van der Waals surface area contributed by atoms with Crippen molar-refractivity contribution in [3.8, 4) is 0 Å². The highest BCUT2D eigenvalue weighted by Crippen LogP contribution is 2.27. The van der Waals surface area contributed by atoms with Crippen molar-refractivity contribution in [3.05, 3.63) is 64.5 Å². The molecule has 31 heavy (non-hydrogen) atoms. The summed E-state index contributed by atoms with van der Waals surface area (Å²) >= 11 is 0. The van der Waals surface area contributed by atoms with Crippen LogP contribution in [0.1, 0.15) is 39.3 Å². The summed E-state index contributed by atoms with van der Waals surface area (Å²) < 4.78 is 35.7. The van der Waals surface area contributed by atoms with Crippen LogP contribution in [0.2, 0.25) is 0 Å². The van der Waals surface area contributed by atoms with Crippen molar-refractivity contribution in [3.63, 3.8) is 0 Å². The minimum atomic E-state index is -0.547.